The van der Waals surface area contributed by atoms with Gasteiger partial charge in [-0.1, -0.05) is 0 Å². The standard InChI is InChI=1S/C13H14O4/c1-8(15)9-3-4-11-10(5-9)6-12(17-11)13(2,16)7-14/h3-6,14,16H,7H2,1-2H3/t13-/m0/s1. The number of fused-ring (bicyclic) bond motifs is 1. The molecular weight excluding hydrogens is 220 g/mol. The van der Waals surface area contributed by atoms with E-state index in [0.717, 1.165) is 5.39 Å². The van der Waals surface area contributed by atoms with Gasteiger partial charge in [0, 0.05) is 10.9 Å². The molecule has 0 radical (unpaired) electrons. The Labute approximate surface area is 98.5 Å². The molecule has 0 saturated heterocycles. The van der Waals surface area contributed by atoms with E-state index >= 15 is 0 Å². The fourth-order valence-electron chi connectivity index (χ4n) is 1.61. The number of ketones is 1. The van der Waals surface area contributed by atoms with Crippen molar-refractivity contribution >= 4 is 16.8 Å². The van der Waals surface area contributed by atoms with Crippen molar-refractivity contribution in [2.75, 3.05) is 6.61 Å². The van der Waals surface area contributed by atoms with Crippen molar-refractivity contribution in [2.24, 2.45) is 0 Å². The molecule has 4 nitrogen and oxygen atoms in total. The van der Waals surface area contributed by atoms with Crippen LogP contribution in [0.25, 0.3) is 11.0 Å². The highest BCUT2D eigenvalue weighted by Gasteiger charge is 2.26. The summed E-state index contributed by atoms with van der Waals surface area (Å²) in [6.07, 6.45) is 0. The first kappa shape index (κ1) is 11.8. The Hall–Kier alpha value is -1.65. The van der Waals surface area contributed by atoms with Gasteiger partial charge >= 0.3 is 0 Å². The number of carbonyl (C=O) groups is 1. The largest absolute Gasteiger partial charge is 0.458 e. The number of furan rings is 1. The summed E-state index contributed by atoms with van der Waals surface area (Å²) in [5.41, 5.74) is -0.234. The molecule has 0 amide bonds. The summed E-state index contributed by atoms with van der Waals surface area (Å²) in [5, 5.41) is 19.7. The molecular formula is C13H14O4. The van der Waals surface area contributed by atoms with Crippen LogP contribution >= 0.6 is 0 Å². The van der Waals surface area contributed by atoms with Gasteiger partial charge in [0.1, 0.15) is 16.9 Å². The number of carbonyl (C=O) groups excluding carboxylic acids is 1. The zero-order valence-corrected chi connectivity index (χ0v) is 9.73. The predicted molar refractivity (Wildman–Crippen MR) is 62.9 cm³/mol. The molecule has 0 aliphatic carbocycles. The van der Waals surface area contributed by atoms with Crippen molar-refractivity contribution in [3.05, 3.63) is 35.6 Å². The van der Waals surface area contributed by atoms with E-state index in [2.05, 4.69) is 0 Å². The van der Waals surface area contributed by atoms with Crippen LogP contribution in [0.5, 0.6) is 0 Å². The summed E-state index contributed by atoms with van der Waals surface area (Å²) in [7, 11) is 0. The lowest BCUT2D eigenvalue weighted by Crippen LogP contribution is -2.24. The molecule has 1 atom stereocenters. The second-order valence-corrected chi connectivity index (χ2v) is 4.35. The molecule has 0 unspecified atom stereocenters. The van der Waals surface area contributed by atoms with Crippen LogP contribution in [-0.2, 0) is 5.60 Å². The molecule has 0 bridgehead atoms. The maximum atomic E-state index is 11.2. The maximum absolute atomic E-state index is 11.2. The SMILES string of the molecule is CC(=O)c1ccc2oc([C@@](C)(O)CO)cc2c1. The van der Waals surface area contributed by atoms with Crippen LogP contribution < -0.4 is 0 Å². The monoisotopic (exact) mass is 234 g/mol. The first-order valence-corrected chi connectivity index (χ1v) is 5.32. The smallest absolute Gasteiger partial charge is 0.159 e. The van der Waals surface area contributed by atoms with E-state index < -0.39 is 12.2 Å². The third-order valence-electron chi connectivity index (χ3n) is 2.76. The van der Waals surface area contributed by atoms with Gasteiger partial charge in [0.15, 0.2) is 5.78 Å². The molecule has 0 aliphatic heterocycles. The molecule has 0 saturated carbocycles. The molecule has 2 aromatic rings. The van der Waals surface area contributed by atoms with E-state index in [1.54, 1.807) is 24.3 Å². The van der Waals surface area contributed by atoms with Gasteiger partial charge in [-0.05, 0) is 38.1 Å². The normalized spacial score (nSPS) is 14.8. The topological polar surface area (TPSA) is 70.7 Å². The number of hydrogen-bond acceptors (Lipinski definition) is 4. The van der Waals surface area contributed by atoms with Crippen LogP contribution in [0.15, 0.2) is 28.7 Å². The van der Waals surface area contributed by atoms with E-state index in [1.165, 1.54) is 13.8 Å². The Morgan fingerprint density at radius 2 is 2.12 bits per heavy atom. The third-order valence-corrected chi connectivity index (χ3v) is 2.76. The van der Waals surface area contributed by atoms with Gasteiger partial charge in [-0.3, -0.25) is 4.79 Å². The third kappa shape index (κ3) is 2.09. The van der Waals surface area contributed by atoms with Crippen LogP contribution in [0.4, 0.5) is 0 Å². The van der Waals surface area contributed by atoms with Crippen molar-refractivity contribution in [1.29, 1.82) is 0 Å². The fraction of sp³-hybridized carbons (Fsp3) is 0.308. The second-order valence-electron chi connectivity index (χ2n) is 4.35. The average Bonchev–Trinajstić information content (AvgIpc) is 2.72. The minimum Gasteiger partial charge on any atom is -0.458 e. The molecule has 1 heterocycles. The Morgan fingerprint density at radius 3 is 2.71 bits per heavy atom. The van der Waals surface area contributed by atoms with Gasteiger partial charge in [-0.2, -0.15) is 0 Å². The van der Waals surface area contributed by atoms with Gasteiger partial charge < -0.3 is 14.6 Å². The van der Waals surface area contributed by atoms with Crippen molar-refractivity contribution in [3.8, 4) is 0 Å². The van der Waals surface area contributed by atoms with Crippen molar-refractivity contribution in [2.45, 2.75) is 19.4 Å². The first-order valence-electron chi connectivity index (χ1n) is 5.32. The lowest BCUT2D eigenvalue weighted by atomic mass is 10.0. The lowest BCUT2D eigenvalue weighted by Gasteiger charge is -2.16. The second kappa shape index (κ2) is 3.98. The zero-order valence-electron chi connectivity index (χ0n) is 9.73. The highest BCUT2D eigenvalue weighted by atomic mass is 16.4. The lowest BCUT2D eigenvalue weighted by molar-refractivity contribution is -0.0184. The number of aliphatic hydroxyl groups excluding tert-OH is 1. The minimum absolute atomic E-state index is 0.0245. The van der Waals surface area contributed by atoms with Crippen LogP contribution in [0, 0.1) is 0 Å². The molecule has 90 valence electrons. The maximum Gasteiger partial charge on any atom is 0.159 e. The highest BCUT2D eigenvalue weighted by molar-refractivity contribution is 5.97. The average molecular weight is 234 g/mol. The van der Waals surface area contributed by atoms with Gasteiger partial charge in [-0.15, -0.1) is 0 Å². The van der Waals surface area contributed by atoms with Crippen molar-refractivity contribution < 1.29 is 19.4 Å². The predicted octanol–water partition coefficient (Wildman–Crippen LogP) is 1.84. The number of rotatable bonds is 3. The molecule has 1 aromatic carbocycles. The van der Waals surface area contributed by atoms with Gasteiger partial charge in [0.25, 0.3) is 0 Å². The van der Waals surface area contributed by atoms with E-state index in [0.29, 0.717) is 11.1 Å². The van der Waals surface area contributed by atoms with Gasteiger partial charge in [0.2, 0.25) is 0 Å². The van der Waals surface area contributed by atoms with Crippen LogP contribution in [0.3, 0.4) is 0 Å². The Bertz CT molecular complexity index is 566. The van der Waals surface area contributed by atoms with Crippen LogP contribution in [0.1, 0.15) is 30.0 Å². The molecule has 2 N–H and O–H groups in total. The van der Waals surface area contributed by atoms with Gasteiger partial charge in [0.05, 0.1) is 6.61 Å². The molecule has 0 fully saturated rings. The Balaban J connectivity index is 2.54. The summed E-state index contributed by atoms with van der Waals surface area (Å²) < 4.78 is 5.44. The number of aliphatic hydroxyl groups is 2. The van der Waals surface area contributed by atoms with Crippen LogP contribution in [0.2, 0.25) is 0 Å². The van der Waals surface area contributed by atoms with Crippen molar-refractivity contribution in [3.63, 3.8) is 0 Å². The van der Waals surface area contributed by atoms with E-state index in [4.69, 9.17) is 9.52 Å². The molecule has 2 rings (SSSR count). The fourth-order valence-corrected chi connectivity index (χ4v) is 1.61. The highest BCUT2D eigenvalue weighted by Crippen LogP contribution is 2.28. The molecule has 4 heteroatoms. The summed E-state index contributed by atoms with van der Waals surface area (Å²) in [5.74, 6) is 0.263. The molecule has 0 aliphatic rings. The number of hydrogen-bond donors (Lipinski definition) is 2. The molecule has 1 aromatic heterocycles. The van der Waals surface area contributed by atoms with Crippen LogP contribution in [-0.4, -0.2) is 22.6 Å². The number of benzene rings is 1. The number of Topliss-reactive ketones (excluding diaryl/α,β-unsaturated/α-hetero) is 1. The van der Waals surface area contributed by atoms with E-state index in [1.807, 2.05) is 0 Å². The minimum atomic E-state index is -1.41. The zero-order chi connectivity index (χ0) is 12.6. The summed E-state index contributed by atoms with van der Waals surface area (Å²) in [6, 6.07) is 6.70. The Kier molecular flexibility index (Phi) is 2.77. The summed E-state index contributed by atoms with van der Waals surface area (Å²) in [4.78, 5) is 11.2. The first-order chi connectivity index (χ1) is 7.94. The van der Waals surface area contributed by atoms with E-state index in [9.17, 15) is 9.90 Å². The summed E-state index contributed by atoms with van der Waals surface area (Å²) in [6.45, 7) is 2.54. The van der Waals surface area contributed by atoms with Crippen molar-refractivity contribution in [1.82, 2.24) is 0 Å². The van der Waals surface area contributed by atoms with Gasteiger partial charge in [-0.25, -0.2) is 0 Å². The quantitative estimate of drug-likeness (QED) is 0.795. The van der Waals surface area contributed by atoms with E-state index in [-0.39, 0.29) is 11.5 Å². The molecule has 0 spiro atoms. The molecule has 17 heavy (non-hydrogen) atoms. The summed E-state index contributed by atoms with van der Waals surface area (Å²) >= 11 is 0. The Morgan fingerprint density at radius 1 is 1.41 bits per heavy atom.